The highest BCUT2D eigenvalue weighted by molar-refractivity contribution is 5.80. The van der Waals surface area contributed by atoms with E-state index < -0.39 is 11.6 Å². The summed E-state index contributed by atoms with van der Waals surface area (Å²) in [5.74, 6) is -0.651. The van der Waals surface area contributed by atoms with Crippen LogP contribution in [0.5, 0.6) is 0 Å². The van der Waals surface area contributed by atoms with Gasteiger partial charge in [0.05, 0.1) is 5.52 Å². The first-order chi connectivity index (χ1) is 9.70. The summed E-state index contributed by atoms with van der Waals surface area (Å²) < 4.78 is 26.9. The summed E-state index contributed by atoms with van der Waals surface area (Å²) in [4.78, 5) is 7.25. The lowest BCUT2D eigenvalue weighted by Crippen LogP contribution is -1.86. The van der Waals surface area contributed by atoms with Crippen LogP contribution in [0.25, 0.3) is 22.4 Å². The number of rotatable bonds is 1. The maximum Gasteiger partial charge on any atom is 0.153 e. The van der Waals surface area contributed by atoms with Gasteiger partial charge in [-0.3, -0.25) is 0 Å². The highest BCUT2D eigenvalue weighted by Crippen LogP contribution is 2.28. The van der Waals surface area contributed by atoms with Crippen molar-refractivity contribution in [2.45, 2.75) is 19.3 Å². The molecule has 0 radical (unpaired) electrons. The van der Waals surface area contributed by atoms with Gasteiger partial charge in [-0.05, 0) is 42.5 Å². The predicted molar refractivity (Wildman–Crippen MR) is 73.5 cm³/mol. The van der Waals surface area contributed by atoms with E-state index in [1.165, 1.54) is 23.6 Å². The first-order valence-corrected chi connectivity index (χ1v) is 6.68. The number of aromatic nitrogens is 2. The van der Waals surface area contributed by atoms with E-state index in [2.05, 4.69) is 22.1 Å². The molecule has 2 aromatic carbocycles. The molecule has 3 aromatic rings. The molecule has 1 aliphatic rings. The zero-order valence-electron chi connectivity index (χ0n) is 10.7. The number of aryl methyl sites for hydroxylation is 2. The van der Waals surface area contributed by atoms with E-state index in [1.807, 2.05) is 6.07 Å². The molecule has 0 atom stereocenters. The van der Waals surface area contributed by atoms with Crippen LogP contribution in [0.1, 0.15) is 17.5 Å². The average molecular weight is 270 g/mol. The van der Waals surface area contributed by atoms with Gasteiger partial charge in [0.2, 0.25) is 0 Å². The maximum atomic E-state index is 13.7. The van der Waals surface area contributed by atoms with Crippen LogP contribution < -0.4 is 0 Å². The van der Waals surface area contributed by atoms with Gasteiger partial charge in [0.15, 0.2) is 5.82 Å². The Morgan fingerprint density at radius 2 is 1.85 bits per heavy atom. The van der Waals surface area contributed by atoms with Gasteiger partial charge in [0, 0.05) is 11.6 Å². The molecule has 1 aliphatic carbocycles. The molecule has 0 unspecified atom stereocenters. The Hall–Kier alpha value is -2.23. The summed E-state index contributed by atoms with van der Waals surface area (Å²) in [5, 5.41) is 0. The minimum Gasteiger partial charge on any atom is -0.338 e. The van der Waals surface area contributed by atoms with Crippen molar-refractivity contribution in [3.63, 3.8) is 0 Å². The number of H-pyrrole nitrogens is 1. The molecule has 0 aliphatic heterocycles. The molecule has 1 N–H and O–H groups in total. The van der Waals surface area contributed by atoms with Crippen LogP contribution in [0.4, 0.5) is 8.78 Å². The molecular formula is C16H12F2N2. The van der Waals surface area contributed by atoms with E-state index in [0.29, 0.717) is 11.3 Å². The van der Waals surface area contributed by atoms with Crippen molar-refractivity contribution in [2.24, 2.45) is 0 Å². The number of imidazole rings is 1. The van der Waals surface area contributed by atoms with Crippen LogP contribution in [-0.2, 0) is 12.8 Å². The Labute approximate surface area is 114 Å². The van der Waals surface area contributed by atoms with Crippen molar-refractivity contribution in [2.75, 3.05) is 0 Å². The Morgan fingerprint density at radius 3 is 2.75 bits per heavy atom. The largest absolute Gasteiger partial charge is 0.338 e. The van der Waals surface area contributed by atoms with Crippen LogP contribution in [-0.4, -0.2) is 9.97 Å². The third kappa shape index (κ3) is 1.72. The number of aromatic amines is 1. The second-order valence-corrected chi connectivity index (χ2v) is 5.21. The number of nitrogens with one attached hydrogen (secondary N) is 1. The topological polar surface area (TPSA) is 28.7 Å². The Balaban J connectivity index is 1.88. The molecule has 1 heterocycles. The van der Waals surface area contributed by atoms with Gasteiger partial charge in [-0.1, -0.05) is 12.1 Å². The van der Waals surface area contributed by atoms with Crippen molar-refractivity contribution >= 4 is 11.0 Å². The molecule has 1 aromatic heterocycles. The maximum absolute atomic E-state index is 13.7. The second kappa shape index (κ2) is 4.13. The number of hydrogen-bond donors (Lipinski definition) is 1. The summed E-state index contributed by atoms with van der Waals surface area (Å²) in [5.41, 5.74) is 4.19. The Morgan fingerprint density at radius 1 is 1.00 bits per heavy atom. The smallest absolute Gasteiger partial charge is 0.153 e. The van der Waals surface area contributed by atoms with E-state index in [1.54, 1.807) is 0 Å². The number of halogens is 2. The minimum atomic E-state index is -0.635. The van der Waals surface area contributed by atoms with Gasteiger partial charge < -0.3 is 4.98 Å². The zero-order chi connectivity index (χ0) is 13.7. The molecule has 0 saturated carbocycles. The third-order valence-corrected chi connectivity index (χ3v) is 3.88. The Kier molecular flexibility index (Phi) is 2.39. The van der Waals surface area contributed by atoms with Crippen molar-refractivity contribution in [3.05, 3.63) is 53.1 Å². The van der Waals surface area contributed by atoms with Gasteiger partial charge in [-0.25, -0.2) is 13.8 Å². The fourth-order valence-electron chi connectivity index (χ4n) is 2.90. The van der Waals surface area contributed by atoms with E-state index >= 15 is 0 Å². The van der Waals surface area contributed by atoms with Crippen LogP contribution >= 0.6 is 0 Å². The first kappa shape index (κ1) is 11.6. The van der Waals surface area contributed by atoms with Gasteiger partial charge in [-0.15, -0.1) is 0 Å². The van der Waals surface area contributed by atoms with Crippen LogP contribution in [0.3, 0.4) is 0 Å². The van der Waals surface area contributed by atoms with Crippen LogP contribution in [0.15, 0.2) is 30.3 Å². The lowest BCUT2D eigenvalue weighted by Gasteiger charge is -2.01. The van der Waals surface area contributed by atoms with Crippen molar-refractivity contribution in [1.29, 1.82) is 0 Å². The van der Waals surface area contributed by atoms with E-state index in [9.17, 15) is 8.78 Å². The molecule has 0 spiro atoms. The highest BCUT2D eigenvalue weighted by atomic mass is 19.1. The number of hydrogen-bond acceptors (Lipinski definition) is 1. The molecular weight excluding hydrogens is 258 g/mol. The fraction of sp³-hybridized carbons (Fsp3) is 0.188. The summed E-state index contributed by atoms with van der Waals surface area (Å²) >= 11 is 0. The van der Waals surface area contributed by atoms with Gasteiger partial charge in [-0.2, -0.15) is 0 Å². The van der Waals surface area contributed by atoms with Crippen LogP contribution in [0, 0.1) is 11.6 Å². The second-order valence-electron chi connectivity index (χ2n) is 5.21. The van der Waals surface area contributed by atoms with E-state index in [4.69, 9.17) is 0 Å². The molecule has 100 valence electrons. The molecule has 4 rings (SSSR count). The highest BCUT2D eigenvalue weighted by Gasteiger charge is 2.14. The van der Waals surface area contributed by atoms with Crippen molar-refractivity contribution in [3.8, 4) is 11.4 Å². The van der Waals surface area contributed by atoms with Crippen molar-refractivity contribution in [1.82, 2.24) is 9.97 Å². The van der Waals surface area contributed by atoms with Crippen molar-refractivity contribution < 1.29 is 8.78 Å². The average Bonchev–Trinajstić information content (AvgIpc) is 3.03. The lowest BCUT2D eigenvalue weighted by molar-refractivity contribution is 0.591. The fourth-order valence-corrected chi connectivity index (χ4v) is 2.90. The monoisotopic (exact) mass is 270 g/mol. The molecule has 0 fully saturated rings. The summed E-state index contributed by atoms with van der Waals surface area (Å²) in [6, 6.07) is 8.30. The van der Waals surface area contributed by atoms with Gasteiger partial charge in [0.25, 0.3) is 0 Å². The molecule has 4 heteroatoms. The Bertz CT molecular complexity index is 821. The van der Waals surface area contributed by atoms with Gasteiger partial charge in [0.1, 0.15) is 17.2 Å². The predicted octanol–water partition coefficient (Wildman–Crippen LogP) is 4.00. The van der Waals surface area contributed by atoms with E-state index in [-0.39, 0.29) is 5.52 Å². The van der Waals surface area contributed by atoms with Crippen LogP contribution in [0.2, 0.25) is 0 Å². The summed E-state index contributed by atoms with van der Waals surface area (Å²) in [6.45, 7) is 0. The number of benzene rings is 2. The zero-order valence-corrected chi connectivity index (χ0v) is 10.7. The molecule has 2 nitrogen and oxygen atoms in total. The normalized spacial score (nSPS) is 13.9. The van der Waals surface area contributed by atoms with E-state index in [0.717, 1.165) is 24.5 Å². The number of fused-ring (bicyclic) bond motifs is 2. The third-order valence-electron chi connectivity index (χ3n) is 3.88. The standard InChI is InChI=1S/C16H12F2N2/c17-12-7-13(18)15-14(8-12)19-16(20-15)11-5-4-9-2-1-3-10(9)6-11/h4-8H,1-3H2,(H,19,20). The molecule has 0 saturated heterocycles. The summed E-state index contributed by atoms with van der Waals surface area (Å²) in [6.07, 6.45) is 3.38. The minimum absolute atomic E-state index is 0.182. The quantitative estimate of drug-likeness (QED) is 0.711. The molecule has 20 heavy (non-hydrogen) atoms. The number of nitrogens with zero attached hydrogens (tertiary/aromatic N) is 1. The first-order valence-electron chi connectivity index (χ1n) is 6.68. The van der Waals surface area contributed by atoms with Gasteiger partial charge >= 0.3 is 0 Å². The summed E-state index contributed by atoms with van der Waals surface area (Å²) in [7, 11) is 0. The lowest BCUT2D eigenvalue weighted by atomic mass is 10.1. The molecule has 0 amide bonds. The molecule has 0 bridgehead atoms. The SMILES string of the molecule is Fc1cc(F)c2nc(-c3ccc4c(c3)CCC4)[nH]c2c1.